The van der Waals surface area contributed by atoms with E-state index in [1.165, 1.54) is 23.3 Å². The number of nitrogens with zero attached hydrogens (tertiary/aromatic N) is 1. The van der Waals surface area contributed by atoms with Crippen LogP contribution in [-0.2, 0) is 4.79 Å². The lowest BCUT2D eigenvalue weighted by Crippen LogP contribution is -2.31. The largest absolute Gasteiger partial charge is 0.388 e. The van der Waals surface area contributed by atoms with Crippen LogP contribution in [0.5, 0.6) is 0 Å². The molecule has 0 fully saturated rings. The summed E-state index contributed by atoms with van der Waals surface area (Å²) in [5.74, 6) is -0.0466. The van der Waals surface area contributed by atoms with E-state index in [1.54, 1.807) is 24.8 Å². The summed E-state index contributed by atoms with van der Waals surface area (Å²) >= 11 is 0. The predicted molar refractivity (Wildman–Crippen MR) is 138 cm³/mol. The number of allylic oxidation sites excluding steroid dienone is 9. The molecule has 0 aromatic carbocycles. The molecule has 0 radical (unpaired) electrons. The summed E-state index contributed by atoms with van der Waals surface area (Å²) in [5, 5.41) is 6.20. The first-order chi connectivity index (χ1) is 15.2. The van der Waals surface area contributed by atoms with E-state index in [9.17, 15) is 4.79 Å². The third-order valence-corrected chi connectivity index (χ3v) is 4.62. The highest BCUT2D eigenvalue weighted by Gasteiger charge is 2.26. The van der Waals surface area contributed by atoms with Crippen LogP contribution in [0.2, 0.25) is 0 Å². The number of aromatic amines is 1. The van der Waals surface area contributed by atoms with Gasteiger partial charge in [0.2, 0.25) is 5.91 Å². The number of nitrogens with one attached hydrogen (secondary N) is 3. The highest BCUT2D eigenvalue weighted by molar-refractivity contribution is 5.88. The van der Waals surface area contributed by atoms with Crippen LogP contribution in [0.3, 0.4) is 0 Å². The van der Waals surface area contributed by atoms with Crippen LogP contribution >= 0.6 is 0 Å². The fraction of sp³-hybridized carbons (Fsp3) is 0.481. The molecule has 0 bridgehead atoms. The van der Waals surface area contributed by atoms with Crippen molar-refractivity contribution in [3.63, 3.8) is 0 Å². The Morgan fingerprint density at radius 3 is 2.38 bits per heavy atom. The lowest BCUT2D eigenvalue weighted by atomic mass is 9.77. The minimum atomic E-state index is -0.0466. The van der Waals surface area contributed by atoms with E-state index in [-0.39, 0.29) is 11.3 Å². The number of imidazole rings is 1. The first-order valence-electron chi connectivity index (χ1n) is 11.5. The number of amides is 1. The second-order valence-corrected chi connectivity index (χ2v) is 8.45. The minimum absolute atomic E-state index is 0.0466. The van der Waals surface area contributed by atoms with Crippen molar-refractivity contribution in [3.8, 4) is 0 Å². The maximum atomic E-state index is 11.5. The van der Waals surface area contributed by atoms with Crippen LogP contribution in [0.1, 0.15) is 68.2 Å². The molecule has 0 spiro atoms. The van der Waals surface area contributed by atoms with Gasteiger partial charge < -0.3 is 15.6 Å². The van der Waals surface area contributed by atoms with Gasteiger partial charge in [-0.2, -0.15) is 0 Å². The molecule has 32 heavy (non-hydrogen) atoms. The summed E-state index contributed by atoms with van der Waals surface area (Å²) in [4.78, 5) is 17.9. The van der Waals surface area contributed by atoms with Gasteiger partial charge >= 0.3 is 0 Å². The smallest absolute Gasteiger partial charge is 0.244 e. The zero-order valence-electron chi connectivity index (χ0n) is 21.4. The van der Waals surface area contributed by atoms with Crippen molar-refractivity contribution >= 4 is 5.91 Å². The topological polar surface area (TPSA) is 69.8 Å². The molecule has 0 atom stereocenters. The number of aromatic nitrogens is 2. The van der Waals surface area contributed by atoms with Gasteiger partial charge in [-0.3, -0.25) is 4.79 Å². The SMILES string of the molecule is CCC.CCNC(=O)/C=C(C)/C=C/C=C(C)/C=C/C1=C(C)NCCC1(C)C.c1c[nH]cn1. The maximum absolute atomic E-state index is 11.5. The molecule has 5 heteroatoms. The molecule has 1 aromatic rings. The van der Waals surface area contributed by atoms with Crippen molar-refractivity contribution in [1.29, 1.82) is 0 Å². The number of carbonyl (C=O) groups is 1. The van der Waals surface area contributed by atoms with Gasteiger partial charge in [0.05, 0.1) is 6.33 Å². The monoisotopic (exact) mass is 440 g/mol. The molecular formula is C27H44N4O. The van der Waals surface area contributed by atoms with Crippen LogP contribution in [0.4, 0.5) is 0 Å². The summed E-state index contributed by atoms with van der Waals surface area (Å²) in [6.45, 7) is 18.6. The van der Waals surface area contributed by atoms with Gasteiger partial charge in [0.15, 0.2) is 0 Å². The Hall–Kier alpha value is -2.82. The van der Waals surface area contributed by atoms with Gasteiger partial charge in [-0.25, -0.2) is 4.98 Å². The molecule has 3 N–H and O–H groups in total. The number of rotatable bonds is 6. The average molecular weight is 441 g/mol. The molecular weight excluding hydrogens is 396 g/mol. The Labute approximate surface area is 195 Å². The Kier molecular flexibility index (Phi) is 15.3. The molecule has 0 aliphatic carbocycles. The standard InChI is InChI=1S/C21H32N2O.C3H4N2.C3H8/c1-7-22-20(24)15-17(3)10-8-9-16(2)11-12-19-18(4)23-14-13-21(19,5)6;1-2-5-3-4-1;1-3-2/h8-12,15,23H,7,13-14H2,1-6H3,(H,22,24);1-3H,(H,4,5);3H2,1-2H3/b10-8+,12-11+,16-9+,17-15+;;. The second-order valence-electron chi connectivity index (χ2n) is 8.45. The van der Waals surface area contributed by atoms with E-state index in [4.69, 9.17) is 0 Å². The van der Waals surface area contributed by atoms with E-state index in [2.05, 4.69) is 80.4 Å². The summed E-state index contributed by atoms with van der Waals surface area (Å²) in [6, 6.07) is 0. The molecule has 0 unspecified atom stereocenters. The maximum Gasteiger partial charge on any atom is 0.244 e. The highest BCUT2D eigenvalue weighted by atomic mass is 16.1. The lowest BCUT2D eigenvalue weighted by Gasteiger charge is -2.33. The van der Waals surface area contributed by atoms with Crippen LogP contribution in [0, 0.1) is 5.41 Å². The third kappa shape index (κ3) is 13.5. The Balaban J connectivity index is 0.00000101. The lowest BCUT2D eigenvalue weighted by molar-refractivity contribution is -0.116. The van der Waals surface area contributed by atoms with Gasteiger partial charge in [-0.05, 0) is 50.7 Å². The van der Waals surface area contributed by atoms with Crippen molar-refractivity contribution in [2.45, 2.75) is 68.2 Å². The van der Waals surface area contributed by atoms with Crippen molar-refractivity contribution in [2.75, 3.05) is 13.1 Å². The normalized spacial score (nSPS) is 16.1. The zero-order chi connectivity index (χ0) is 24.4. The predicted octanol–water partition coefficient (Wildman–Crippen LogP) is 6.25. The van der Waals surface area contributed by atoms with Gasteiger partial charge in [-0.15, -0.1) is 0 Å². The average Bonchev–Trinajstić information content (AvgIpc) is 3.28. The molecule has 5 nitrogen and oxygen atoms in total. The van der Waals surface area contributed by atoms with Gasteiger partial charge in [-0.1, -0.05) is 70.1 Å². The van der Waals surface area contributed by atoms with E-state index < -0.39 is 0 Å². The Bertz CT molecular complexity index is 776. The minimum Gasteiger partial charge on any atom is -0.388 e. The third-order valence-electron chi connectivity index (χ3n) is 4.62. The van der Waals surface area contributed by atoms with Crippen molar-refractivity contribution in [3.05, 3.63) is 77.6 Å². The number of hydrogen-bond donors (Lipinski definition) is 3. The quantitative estimate of drug-likeness (QED) is 0.362. The molecule has 1 aliphatic rings. The van der Waals surface area contributed by atoms with E-state index in [0.29, 0.717) is 6.54 Å². The number of carbonyl (C=O) groups excluding carboxylic acids is 1. The van der Waals surface area contributed by atoms with Crippen molar-refractivity contribution < 1.29 is 4.79 Å². The molecule has 1 aliphatic heterocycles. The molecule has 0 saturated heterocycles. The van der Waals surface area contributed by atoms with E-state index in [0.717, 1.165) is 18.5 Å². The molecule has 1 aromatic heterocycles. The van der Waals surface area contributed by atoms with Crippen molar-refractivity contribution in [2.24, 2.45) is 5.41 Å². The van der Waals surface area contributed by atoms with E-state index >= 15 is 0 Å². The molecule has 2 heterocycles. The first-order valence-corrected chi connectivity index (χ1v) is 11.5. The summed E-state index contributed by atoms with van der Waals surface area (Å²) in [5.41, 5.74) is 4.97. The van der Waals surface area contributed by atoms with Gasteiger partial charge in [0.1, 0.15) is 0 Å². The molecule has 178 valence electrons. The fourth-order valence-corrected chi connectivity index (χ4v) is 2.97. The van der Waals surface area contributed by atoms with Crippen LogP contribution in [0.15, 0.2) is 77.6 Å². The molecule has 2 rings (SSSR count). The number of hydrogen-bond acceptors (Lipinski definition) is 3. The summed E-state index contributed by atoms with van der Waals surface area (Å²) in [6.07, 6.45) is 19.5. The van der Waals surface area contributed by atoms with Gasteiger partial charge in [0, 0.05) is 37.3 Å². The van der Waals surface area contributed by atoms with Crippen molar-refractivity contribution in [1.82, 2.24) is 20.6 Å². The second kappa shape index (κ2) is 16.8. The Morgan fingerprint density at radius 2 is 1.88 bits per heavy atom. The number of likely N-dealkylation sites (N-methyl/N-ethyl adjacent to an activating group) is 1. The fourth-order valence-electron chi connectivity index (χ4n) is 2.97. The van der Waals surface area contributed by atoms with Crippen LogP contribution in [-0.4, -0.2) is 29.0 Å². The van der Waals surface area contributed by atoms with E-state index in [1.807, 2.05) is 26.0 Å². The highest BCUT2D eigenvalue weighted by Crippen LogP contribution is 2.35. The van der Waals surface area contributed by atoms with Gasteiger partial charge in [0.25, 0.3) is 0 Å². The molecule has 1 amide bonds. The summed E-state index contributed by atoms with van der Waals surface area (Å²) in [7, 11) is 0. The van der Waals surface area contributed by atoms with Crippen LogP contribution in [0.25, 0.3) is 0 Å². The Morgan fingerprint density at radius 1 is 1.19 bits per heavy atom. The molecule has 0 saturated carbocycles. The number of H-pyrrole nitrogens is 1. The first kappa shape index (κ1) is 29.2. The zero-order valence-corrected chi connectivity index (χ0v) is 21.4. The summed E-state index contributed by atoms with van der Waals surface area (Å²) < 4.78 is 0. The van der Waals surface area contributed by atoms with Crippen LogP contribution < -0.4 is 10.6 Å².